The maximum Gasteiger partial charge on any atom is 0.129 e. The first-order valence-corrected chi connectivity index (χ1v) is 6.61. The van der Waals surface area contributed by atoms with Crippen LogP contribution in [0.4, 0.5) is 5.82 Å². The van der Waals surface area contributed by atoms with E-state index in [1.54, 1.807) is 17.7 Å². The highest BCUT2D eigenvalue weighted by atomic mass is 32.1. The smallest absolute Gasteiger partial charge is 0.129 e. The molecule has 2 heterocycles. The van der Waals surface area contributed by atoms with Crippen LogP contribution < -0.4 is 5.32 Å². The molecule has 0 aromatic carbocycles. The van der Waals surface area contributed by atoms with Gasteiger partial charge in [0.05, 0.1) is 5.01 Å². The molecule has 0 amide bonds. The Morgan fingerprint density at radius 2 is 2.24 bits per heavy atom. The fourth-order valence-electron chi connectivity index (χ4n) is 1.50. The van der Waals surface area contributed by atoms with Gasteiger partial charge in [0.15, 0.2) is 0 Å². The molecule has 0 fully saturated rings. The summed E-state index contributed by atoms with van der Waals surface area (Å²) in [6.07, 6.45) is 3.47. The van der Waals surface area contributed by atoms with E-state index < -0.39 is 0 Å². The standard InChI is InChI=1S/C12H16N4S/c1-3-10-6-11(15-8-14-10)13-5-4-12-16-9(2)7-17-12/h6-8H,3-5H2,1-2H3,(H,13,14,15). The van der Waals surface area contributed by atoms with Crippen LogP contribution in [-0.2, 0) is 12.8 Å². The van der Waals surface area contributed by atoms with Crippen molar-refractivity contribution in [2.24, 2.45) is 0 Å². The Morgan fingerprint density at radius 3 is 2.94 bits per heavy atom. The largest absolute Gasteiger partial charge is 0.370 e. The lowest BCUT2D eigenvalue weighted by Gasteiger charge is -2.04. The summed E-state index contributed by atoms with van der Waals surface area (Å²) in [5.74, 6) is 0.894. The van der Waals surface area contributed by atoms with Crippen molar-refractivity contribution >= 4 is 17.2 Å². The van der Waals surface area contributed by atoms with Crippen molar-refractivity contribution in [2.75, 3.05) is 11.9 Å². The number of rotatable bonds is 5. The van der Waals surface area contributed by atoms with Gasteiger partial charge in [-0.3, -0.25) is 0 Å². The second-order valence-electron chi connectivity index (χ2n) is 3.81. The van der Waals surface area contributed by atoms with Gasteiger partial charge in [-0.15, -0.1) is 11.3 Å². The minimum atomic E-state index is 0.854. The van der Waals surface area contributed by atoms with Crippen molar-refractivity contribution in [1.29, 1.82) is 0 Å². The molecule has 4 nitrogen and oxygen atoms in total. The first-order chi connectivity index (χ1) is 8.28. The Labute approximate surface area is 105 Å². The summed E-state index contributed by atoms with van der Waals surface area (Å²) in [5, 5.41) is 6.54. The lowest BCUT2D eigenvalue weighted by Crippen LogP contribution is -2.07. The van der Waals surface area contributed by atoms with Crippen LogP contribution in [0.3, 0.4) is 0 Å². The van der Waals surface area contributed by atoms with Gasteiger partial charge in [0.2, 0.25) is 0 Å². The first-order valence-electron chi connectivity index (χ1n) is 5.73. The molecule has 5 heteroatoms. The van der Waals surface area contributed by atoms with E-state index in [-0.39, 0.29) is 0 Å². The summed E-state index contributed by atoms with van der Waals surface area (Å²) >= 11 is 1.71. The van der Waals surface area contributed by atoms with E-state index in [0.29, 0.717) is 0 Å². The number of anilines is 1. The summed E-state index contributed by atoms with van der Waals surface area (Å²) in [7, 11) is 0. The van der Waals surface area contributed by atoms with Gasteiger partial charge in [-0.25, -0.2) is 15.0 Å². The number of nitrogens with zero attached hydrogens (tertiary/aromatic N) is 3. The summed E-state index contributed by atoms with van der Waals surface area (Å²) in [5.41, 5.74) is 2.16. The molecule has 2 rings (SSSR count). The van der Waals surface area contributed by atoms with Gasteiger partial charge in [0.1, 0.15) is 12.1 Å². The predicted octanol–water partition coefficient (Wildman–Crippen LogP) is 2.46. The summed E-state index contributed by atoms with van der Waals surface area (Å²) in [6, 6.07) is 1.99. The van der Waals surface area contributed by atoms with Crippen LogP contribution in [0, 0.1) is 6.92 Å². The normalized spacial score (nSPS) is 10.5. The molecule has 0 saturated heterocycles. The monoisotopic (exact) mass is 248 g/mol. The quantitative estimate of drug-likeness (QED) is 0.883. The minimum absolute atomic E-state index is 0.854. The van der Waals surface area contributed by atoms with Crippen molar-refractivity contribution in [2.45, 2.75) is 26.7 Å². The second kappa shape index (κ2) is 5.72. The maximum atomic E-state index is 4.42. The van der Waals surface area contributed by atoms with Gasteiger partial charge >= 0.3 is 0 Å². The van der Waals surface area contributed by atoms with E-state index in [4.69, 9.17) is 0 Å². The Bertz CT molecular complexity index is 481. The van der Waals surface area contributed by atoms with Crippen molar-refractivity contribution in [3.63, 3.8) is 0 Å². The van der Waals surface area contributed by atoms with Crippen molar-refractivity contribution in [1.82, 2.24) is 15.0 Å². The third-order valence-electron chi connectivity index (χ3n) is 2.40. The molecule has 2 aromatic rings. The van der Waals surface area contributed by atoms with Crippen LogP contribution >= 0.6 is 11.3 Å². The fourth-order valence-corrected chi connectivity index (χ4v) is 2.28. The SMILES string of the molecule is CCc1cc(NCCc2nc(C)cs2)ncn1. The van der Waals surface area contributed by atoms with E-state index in [1.165, 1.54) is 5.01 Å². The average molecular weight is 248 g/mol. The molecule has 0 aliphatic carbocycles. The molecule has 0 unspecified atom stereocenters. The molecule has 0 atom stereocenters. The van der Waals surface area contributed by atoms with Crippen LogP contribution in [0.1, 0.15) is 23.3 Å². The molecule has 2 aromatic heterocycles. The lowest BCUT2D eigenvalue weighted by atomic mass is 10.3. The molecule has 0 bridgehead atoms. The van der Waals surface area contributed by atoms with Crippen molar-refractivity contribution in [3.8, 4) is 0 Å². The molecular formula is C12H16N4S. The second-order valence-corrected chi connectivity index (χ2v) is 4.75. The van der Waals surface area contributed by atoms with Gasteiger partial charge in [-0.2, -0.15) is 0 Å². The zero-order chi connectivity index (χ0) is 12.1. The Balaban J connectivity index is 1.85. The highest BCUT2D eigenvalue weighted by Gasteiger charge is 2.00. The molecule has 0 spiro atoms. The topological polar surface area (TPSA) is 50.7 Å². The Kier molecular flexibility index (Phi) is 4.03. The fraction of sp³-hybridized carbons (Fsp3) is 0.417. The van der Waals surface area contributed by atoms with Crippen LogP contribution in [0.5, 0.6) is 0 Å². The summed E-state index contributed by atoms with van der Waals surface area (Å²) in [6.45, 7) is 4.96. The number of hydrogen-bond acceptors (Lipinski definition) is 5. The van der Waals surface area contributed by atoms with Crippen LogP contribution in [0.2, 0.25) is 0 Å². The van der Waals surface area contributed by atoms with Crippen molar-refractivity contribution < 1.29 is 0 Å². The van der Waals surface area contributed by atoms with Crippen LogP contribution in [0.25, 0.3) is 0 Å². The molecule has 90 valence electrons. The average Bonchev–Trinajstić information content (AvgIpc) is 2.75. The van der Waals surface area contributed by atoms with Crippen LogP contribution in [-0.4, -0.2) is 21.5 Å². The third-order valence-corrected chi connectivity index (χ3v) is 3.42. The van der Waals surface area contributed by atoms with E-state index >= 15 is 0 Å². The molecule has 0 aliphatic rings. The Hall–Kier alpha value is -1.49. The van der Waals surface area contributed by atoms with Crippen LogP contribution in [0.15, 0.2) is 17.8 Å². The molecule has 0 saturated carbocycles. The minimum Gasteiger partial charge on any atom is -0.370 e. The highest BCUT2D eigenvalue weighted by Crippen LogP contribution is 2.10. The van der Waals surface area contributed by atoms with Gasteiger partial charge < -0.3 is 5.32 Å². The third kappa shape index (κ3) is 3.49. The van der Waals surface area contributed by atoms with Crippen molar-refractivity contribution in [3.05, 3.63) is 34.2 Å². The molecule has 1 N–H and O–H groups in total. The van der Waals surface area contributed by atoms with E-state index in [2.05, 4.69) is 32.6 Å². The maximum absolute atomic E-state index is 4.42. The van der Waals surface area contributed by atoms with E-state index in [0.717, 1.165) is 36.6 Å². The Morgan fingerprint density at radius 1 is 1.35 bits per heavy atom. The van der Waals surface area contributed by atoms with E-state index in [9.17, 15) is 0 Å². The molecule has 17 heavy (non-hydrogen) atoms. The van der Waals surface area contributed by atoms with Gasteiger partial charge in [-0.05, 0) is 13.3 Å². The number of thiazole rings is 1. The summed E-state index contributed by atoms with van der Waals surface area (Å²) in [4.78, 5) is 12.8. The summed E-state index contributed by atoms with van der Waals surface area (Å²) < 4.78 is 0. The lowest BCUT2D eigenvalue weighted by molar-refractivity contribution is 0.955. The predicted molar refractivity (Wildman–Crippen MR) is 70.5 cm³/mol. The first kappa shape index (κ1) is 12.0. The molecular weight excluding hydrogens is 232 g/mol. The number of aryl methyl sites for hydroxylation is 2. The van der Waals surface area contributed by atoms with Gasteiger partial charge in [0, 0.05) is 35.8 Å². The van der Waals surface area contributed by atoms with Gasteiger partial charge in [0.25, 0.3) is 0 Å². The number of nitrogens with one attached hydrogen (secondary N) is 1. The zero-order valence-corrected chi connectivity index (χ0v) is 10.9. The zero-order valence-electron chi connectivity index (χ0n) is 10.1. The number of hydrogen-bond donors (Lipinski definition) is 1. The van der Waals surface area contributed by atoms with Gasteiger partial charge in [-0.1, -0.05) is 6.92 Å². The number of aromatic nitrogens is 3. The molecule has 0 aliphatic heterocycles. The van der Waals surface area contributed by atoms with E-state index in [1.807, 2.05) is 13.0 Å². The highest BCUT2D eigenvalue weighted by molar-refractivity contribution is 7.09. The molecule has 0 radical (unpaired) electrons.